The Balaban J connectivity index is 1.75. The molecule has 2 aromatic heterocycles. The van der Waals surface area contributed by atoms with E-state index in [2.05, 4.69) is 15.0 Å². The summed E-state index contributed by atoms with van der Waals surface area (Å²) in [5.74, 6) is 1.43. The predicted octanol–water partition coefficient (Wildman–Crippen LogP) is 3.26. The summed E-state index contributed by atoms with van der Waals surface area (Å²) in [7, 11) is 3.14. The van der Waals surface area contributed by atoms with Crippen LogP contribution in [0.5, 0.6) is 17.4 Å². The SMILES string of the molecule is COc1ccc(-c2nc(O)c3c(ncn3Cc3ccccc3)n2)cc1OC. The average molecular weight is 362 g/mol. The van der Waals surface area contributed by atoms with Crippen molar-refractivity contribution in [3.8, 4) is 28.8 Å². The Morgan fingerprint density at radius 2 is 1.74 bits per heavy atom. The van der Waals surface area contributed by atoms with Gasteiger partial charge in [0, 0.05) is 12.1 Å². The lowest BCUT2D eigenvalue weighted by Crippen LogP contribution is -2.00. The first-order valence-electron chi connectivity index (χ1n) is 8.37. The van der Waals surface area contributed by atoms with E-state index in [1.807, 2.05) is 41.0 Å². The van der Waals surface area contributed by atoms with Crippen molar-refractivity contribution in [2.75, 3.05) is 14.2 Å². The molecular weight excluding hydrogens is 344 g/mol. The molecule has 2 heterocycles. The van der Waals surface area contributed by atoms with Gasteiger partial charge >= 0.3 is 0 Å². The number of hydrogen-bond donors (Lipinski definition) is 1. The van der Waals surface area contributed by atoms with Crippen LogP contribution < -0.4 is 9.47 Å². The van der Waals surface area contributed by atoms with Gasteiger partial charge in [0.2, 0.25) is 5.88 Å². The molecule has 4 aromatic rings. The quantitative estimate of drug-likeness (QED) is 0.587. The first kappa shape index (κ1) is 16.8. The fourth-order valence-corrected chi connectivity index (χ4v) is 2.96. The normalized spacial score (nSPS) is 10.9. The molecule has 2 aromatic carbocycles. The van der Waals surface area contributed by atoms with E-state index in [4.69, 9.17) is 9.47 Å². The molecule has 0 saturated heterocycles. The number of aromatic hydroxyl groups is 1. The minimum atomic E-state index is -0.113. The summed E-state index contributed by atoms with van der Waals surface area (Å²) in [4.78, 5) is 13.1. The maximum absolute atomic E-state index is 10.5. The van der Waals surface area contributed by atoms with Gasteiger partial charge in [-0.1, -0.05) is 30.3 Å². The van der Waals surface area contributed by atoms with E-state index in [-0.39, 0.29) is 5.88 Å². The molecular formula is C20H18N4O3. The van der Waals surface area contributed by atoms with Gasteiger partial charge in [-0.3, -0.25) is 0 Å². The summed E-state index contributed by atoms with van der Waals surface area (Å²) in [6, 6.07) is 15.3. The summed E-state index contributed by atoms with van der Waals surface area (Å²) < 4.78 is 12.4. The Morgan fingerprint density at radius 3 is 2.48 bits per heavy atom. The maximum Gasteiger partial charge on any atom is 0.241 e. The van der Waals surface area contributed by atoms with Gasteiger partial charge in [0.05, 0.1) is 20.5 Å². The molecule has 7 heteroatoms. The monoisotopic (exact) mass is 362 g/mol. The first-order chi connectivity index (χ1) is 13.2. The van der Waals surface area contributed by atoms with Crippen LogP contribution in [0.4, 0.5) is 0 Å². The number of nitrogens with zero attached hydrogens (tertiary/aromatic N) is 4. The largest absolute Gasteiger partial charge is 0.493 e. The standard InChI is InChI=1S/C20H18N4O3/c1-26-15-9-8-14(10-16(15)27-2)18-22-19-17(20(25)23-18)24(12-21-19)11-13-6-4-3-5-7-13/h3-10,12H,11H2,1-2H3,(H,22,23,25). The molecule has 1 N–H and O–H groups in total. The number of imidazole rings is 1. The zero-order valence-electron chi connectivity index (χ0n) is 15.0. The van der Waals surface area contributed by atoms with Crippen LogP contribution in [-0.2, 0) is 6.54 Å². The minimum absolute atomic E-state index is 0.113. The highest BCUT2D eigenvalue weighted by atomic mass is 16.5. The zero-order chi connectivity index (χ0) is 18.8. The molecule has 0 unspecified atom stereocenters. The molecule has 27 heavy (non-hydrogen) atoms. The second-order valence-corrected chi connectivity index (χ2v) is 5.97. The number of aromatic nitrogens is 4. The first-order valence-corrected chi connectivity index (χ1v) is 8.37. The second-order valence-electron chi connectivity index (χ2n) is 5.97. The van der Waals surface area contributed by atoms with Gasteiger partial charge < -0.3 is 19.1 Å². The highest BCUT2D eigenvalue weighted by Gasteiger charge is 2.15. The number of hydrogen-bond acceptors (Lipinski definition) is 6. The van der Waals surface area contributed by atoms with E-state index in [0.29, 0.717) is 40.6 Å². The van der Waals surface area contributed by atoms with E-state index in [9.17, 15) is 5.11 Å². The molecule has 0 amide bonds. The molecule has 0 radical (unpaired) electrons. The predicted molar refractivity (Wildman–Crippen MR) is 101 cm³/mol. The van der Waals surface area contributed by atoms with E-state index in [0.717, 1.165) is 5.56 Å². The Hall–Kier alpha value is -3.61. The van der Waals surface area contributed by atoms with Crippen molar-refractivity contribution < 1.29 is 14.6 Å². The Morgan fingerprint density at radius 1 is 0.963 bits per heavy atom. The highest BCUT2D eigenvalue weighted by molar-refractivity contribution is 5.79. The van der Waals surface area contributed by atoms with Crippen LogP contribution in [0.3, 0.4) is 0 Å². The Bertz CT molecular complexity index is 1090. The topological polar surface area (TPSA) is 82.3 Å². The molecule has 0 aliphatic heterocycles. The number of fused-ring (bicyclic) bond motifs is 1. The Kier molecular flexibility index (Phi) is 4.33. The summed E-state index contributed by atoms with van der Waals surface area (Å²) in [5, 5.41) is 10.5. The van der Waals surface area contributed by atoms with Crippen LogP contribution in [0.1, 0.15) is 5.56 Å². The third kappa shape index (κ3) is 3.15. The Labute approximate surface area is 155 Å². The molecule has 0 aliphatic rings. The second kappa shape index (κ2) is 6.95. The molecule has 0 aliphatic carbocycles. The van der Waals surface area contributed by atoms with Crippen molar-refractivity contribution in [2.24, 2.45) is 0 Å². The van der Waals surface area contributed by atoms with Crippen LogP contribution in [0.2, 0.25) is 0 Å². The van der Waals surface area contributed by atoms with Crippen molar-refractivity contribution in [2.45, 2.75) is 6.54 Å². The maximum atomic E-state index is 10.5. The van der Waals surface area contributed by atoms with Crippen LogP contribution in [0.25, 0.3) is 22.6 Å². The summed E-state index contributed by atoms with van der Waals surface area (Å²) in [6.45, 7) is 0.573. The third-order valence-corrected chi connectivity index (χ3v) is 4.29. The van der Waals surface area contributed by atoms with E-state index < -0.39 is 0 Å². The highest BCUT2D eigenvalue weighted by Crippen LogP contribution is 2.32. The summed E-state index contributed by atoms with van der Waals surface area (Å²) in [5.41, 5.74) is 2.73. The molecule has 0 fully saturated rings. The summed E-state index contributed by atoms with van der Waals surface area (Å²) >= 11 is 0. The molecule has 0 atom stereocenters. The van der Waals surface area contributed by atoms with Crippen LogP contribution >= 0.6 is 0 Å². The van der Waals surface area contributed by atoms with E-state index >= 15 is 0 Å². The zero-order valence-corrected chi connectivity index (χ0v) is 15.0. The van der Waals surface area contributed by atoms with Crippen molar-refractivity contribution in [3.05, 3.63) is 60.4 Å². The fraction of sp³-hybridized carbons (Fsp3) is 0.150. The molecule has 136 valence electrons. The van der Waals surface area contributed by atoms with Crippen LogP contribution in [0.15, 0.2) is 54.9 Å². The van der Waals surface area contributed by atoms with Gasteiger partial charge in [0.15, 0.2) is 28.5 Å². The summed E-state index contributed by atoms with van der Waals surface area (Å²) in [6.07, 6.45) is 1.66. The smallest absolute Gasteiger partial charge is 0.241 e. The van der Waals surface area contributed by atoms with Gasteiger partial charge in [0.1, 0.15) is 0 Å². The number of ether oxygens (including phenoxy) is 2. The fourth-order valence-electron chi connectivity index (χ4n) is 2.96. The number of benzene rings is 2. The minimum Gasteiger partial charge on any atom is -0.493 e. The van der Waals surface area contributed by atoms with Gasteiger partial charge in [-0.25, -0.2) is 9.97 Å². The average Bonchev–Trinajstić information content (AvgIpc) is 3.11. The van der Waals surface area contributed by atoms with Crippen molar-refractivity contribution in [3.63, 3.8) is 0 Å². The van der Waals surface area contributed by atoms with Crippen molar-refractivity contribution in [1.29, 1.82) is 0 Å². The van der Waals surface area contributed by atoms with Gasteiger partial charge in [-0.2, -0.15) is 4.98 Å². The van der Waals surface area contributed by atoms with E-state index in [1.165, 1.54) is 0 Å². The van der Waals surface area contributed by atoms with Crippen LogP contribution in [-0.4, -0.2) is 38.8 Å². The molecule has 4 rings (SSSR count). The molecule has 0 saturated carbocycles. The van der Waals surface area contributed by atoms with Crippen molar-refractivity contribution >= 4 is 11.2 Å². The van der Waals surface area contributed by atoms with Gasteiger partial charge in [-0.05, 0) is 23.8 Å². The van der Waals surface area contributed by atoms with Crippen molar-refractivity contribution in [1.82, 2.24) is 19.5 Å². The molecule has 0 bridgehead atoms. The van der Waals surface area contributed by atoms with Gasteiger partial charge in [0.25, 0.3) is 0 Å². The third-order valence-electron chi connectivity index (χ3n) is 4.29. The lowest BCUT2D eigenvalue weighted by molar-refractivity contribution is 0.355. The lowest BCUT2D eigenvalue weighted by atomic mass is 10.2. The van der Waals surface area contributed by atoms with Gasteiger partial charge in [-0.15, -0.1) is 0 Å². The lowest BCUT2D eigenvalue weighted by Gasteiger charge is -2.09. The molecule has 0 spiro atoms. The number of methoxy groups -OCH3 is 2. The molecule has 7 nitrogen and oxygen atoms in total. The van der Waals surface area contributed by atoms with Crippen LogP contribution in [0, 0.1) is 0 Å². The van der Waals surface area contributed by atoms with E-state index in [1.54, 1.807) is 32.7 Å². The number of rotatable bonds is 5.